The second kappa shape index (κ2) is 13.7. The van der Waals surface area contributed by atoms with Crippen LogP contribution >= 0.6 is 0 Å². The van der Waals surface area contributed by atoms with E-state index in [4.69, 9.17) is 4.74 Å². The molecular weight excluding hydrogens is 538 g/mol. The number of methoxy groups -OCH3 is 1. The zero-order valence-corrected chi connectivity index (χ0v) is 24.8. The van der Waals surface area contributed by atoms with Gasteiger partial charge in [-0.2, -0.15) is 0 Å². The zero-order chi connectivity index (χ0) is 29.4. The van der Waals surface area contributed by atoms with Crippen molar-refractivity contribution in [2.75, 3.05) is 24.2 Å². The molecule has 1 fully saturated rings. The third kappa shape index (κ3) is 8.10. The molecule has 0 aromatic heterocycles. The molecule has 0 aliphatic heterocycles. The van der Waals surface area contributed by atoms with Crippen LogP contribution in [0.5, 0.6) is 5.75 Å². The van der Waals surface area contributed by atoms with E-state index in [1.807, 2.05) is 61.5 Å². The van der Waals surface area contributed by atoms with Gasteiger partial charge in [0.15, 0.2) is 0 Å². The summed E-state index contributed by atoms with van der Waals surface area (Å²) in [6.45, 7) is 1.66. The first-order chi connectivity index (χ1) is 19.7. The lowest BCUT2D eigenvalue weighted by molar-refractivity contribution is -0.140. The minimum Gasteiger partial charge on any atom is -0.495 e. The highest BCUT2D eigenvalue weighted by Gasteiger charge is 2.34. The summed E-state index contributed by atoms with van der Waals surface area (Å²) in [5.74, 6) is -0.385. The Hall–Kier alpha value is -3.85. The van der Waals surface area contributed by atoms with Crippen molar-refractivity contribution < 1.29 is 22.7 Å². The molecule has 4 rings (SSSR count). The average Bonchev–Trinajstić information content (AvgIpc) is 3.47. The highest BCUT2D eigenvalue weighted by Crippen LogP contribution is 2.30. The van der Waals surface area contributed by atoms with Gasteiger partial charge in [-0.25, -0.2) is 8.42 Å². The second-order valence-electron chi connectivity index (χ2n) is 10.6. The van der Waals surface area contributed by atoms with Crippen LogP contribution in [0.1, 0.15) is 42.4 Å². The van der Waals surface area contributed by atoms with Crippen molar-refractivity contribution >= 4 is 27.5 Å². The van der Waals surface area contributed by atoms with Gasteiger partial charge in [0.05, 0.1) is 19.1 Å². The molecule has 1 aliphatic carbocycles. The monoisotopic (exact) mass is 577 g/mol. The van der Waals surface area contributed by atoms with Gasteiger partial charge < -0.3 is 15.0 Å². The maximum Gasteiger partial charge on any atom is 0.244 e. The van der Waals surface area contributed by atoms with E-state index >= 15 is 0 Å². The number of amides is 2. The Morgan fingerprint density at radius 3 is 2.20 bits per heavy atom. The number of sulfonamides is 1. The second-order valence-corrected chi connectivity index (χ2v) is 12.6. The SMILES string of the molecule is COc1ccccc1N(CC(=O)N(Cc1ccc(C)cc1)C(Cc1ccccc1)C(=O)NC1CCCC1)S(C)(=O)=O. The first-order valence-corrected chi connectivity index (χ1v) is 15.8. The fourth-order valence-corrected chi connectivity index (χ4v) is 6.10. The number of hydrogen-bond donors (Lipinski definition) is 1. The average molecular weight is 578 g/mol. The standard InChI is InChI=1S/C32H39N3O5S/c1-24-17-19-26(20-18-24)22-34(31(36)23-35(41(3,38)39)28-15-9-10-16-30(28)40-2)29(21-25-11-5-4-6-12-25)32(37)33-27-13-7-8-14-27/h4-6,9-12,15-20,27,29H,7-8,13-14,21-23H2,1-3H3,(H,33,37). The molecule has 1 atom stereocenters. The van der Waals surface area contributed by atoms with Gasteiger partial charge in [-0.15, -0.1) is 0 Å². The van der Waals surface area contributed by atoms with Gasteiger partial charge in [0.2, 0.25) is 21.8 Å². The van der Waals surface area contributed by atoms with E-state index in [1.54, 1.807) is 24.3 Å². The highest BCUT2D eigenvalue weighted by molar-refractivity contribution is 7.92. The van der Waals surface area contributed by atoms with Crippen molar-refractivity contribution in [1.82, 2.24) is 10.2 Å². The summed E-state index contributed by atoms with van der Waals surface area (Å²) in [5.41, 5.74) is 3.09. The molecule has 8 nitrogen and oxygen atoms in total. The number of para-hydroxylation sites is 2. The summed E-state index contributed by atoms with van der Waals surface area (Å²) >= 11 is 0. The summed E-state index contributed by atoms with van der Waals surface area (Å²) in [5, 5.41) is 3.18. The molecule has 2 amide bonds. The van der Waals surface area contributed by atoms with Crippen molar-refractivity contribution in [2.24, 2.45) is 0 Å². The van der Waals surface area contributed by atoms with E-state index in [1.165, 1.54) is 12.0 Å². The fourth-order valence-electron chi connectivity index (χ4n) is 5.24. The predicted octanol–water partition coefficient (Wildman–Crippen LogP) is 4.47. The van der Waals surface area contributed by atoms with Gasteiger partial charge in [0.25, 0.3) is 0 Å². The zero-order valence-electron chi connectivity index (χ0n) is 24.0. The normalized spacial score (nSPS) is 14.3. The van der Waals surface area contributed by atoms with Crippen LogP contribution in [0.15, 0.2) is 78.9 Å². The van der Waals surface area contributed by atoms with Gasteiger partial charge in [-0.1, -0.05) is 85.1 Å². The smallest absolute Gasteiger partial charge is 0.244 e. The van der Waals surface area contributed by atoms with Crippen LogP contribution in [0.2, 0.25) is 0 Å². The molecule has 9 heteroatoms. The summed E-state index contributed by atoms with van der Waals surface area (Å²) in [6.07, 6.45) is 5.29. The molecule has 1 unspecified atom stereocenters. The number of aryl methyl sites for hydroxylation is 1. The number of nitrogens with zero attached hydrogens (tertiary/aromatic N) is 2. The summed E-state index contributed by atoms with van der Waals surface area (Å²) in [7, 11) is -2.42. The van der Waals surface area contributed by atoms with Gasteiger partial charge in [-0.05, 0) is 43.0 Å². The van der Waals surface area contributed by atoms with E-state index < -0.39 is 28.5 Å². The first kappa shape index (κ1) is 30.1. The predicted molar refractivity (Wildman–Crippen MR) is 161 cm³/mol. The summed E-state index contributed by atoms with van der Waals surface area (Å²) < 4.78 is 32.5. The lowest BCUT2D eigenvalue weighted by Crippen LogP contribution is -2.54. The van der Waals surface area contributed by atoms with Gasteiger partial charge in [-0.3, -0.25) is 13.9 Å². The lowest BCUT2D eigenvalue weighted by atomic mass is 10.0. The van der Waals surface area contributed by atoms with Crippen LogP contribution in [0.4, 0.5) is 5.69 Å². The number of rotatable bonds is 12. The highest BCUT2D eigenvalue weighted by atomic mass is 32.2. The summed E-state index contributed by atoms with van der Waals surface area (Å²) in [4.78, 5) is 29.6. The van der Waals surface area contributed by atoms with Crippen LogP contribution in [0, 0.1) is 6.92 Å². The topological polar surface area (TPSA) is 96.0 Å². The molecule has 218 valence electrons. The third-order valence-corrected chi connectivity index (χ3v) is 8.61. The van der Waals surface area contributed by atoms with Crippen LogP contribution < -0.4 is 14.4 Å². The Balaban J connectivity index is 1.73. The Kier molecular flexibility index (Phi) is 10.0. The molecule has 3 aromatic rings. The lowest BCUT2D eigenvalue weighted by Gasteiger charge is -2.34. The molecule has 1 aliphatic rings. The Bertz CT molecular complexity index is 1420. The van der Waals surface area contributed by atoms with E-state index in [0.29, 0.717) is 12.2 Å². The number of ether oxygens (including phenoxy) is 1. The third-order valence-electron chi connectivity index (χ3n) is 7.48. The van der Waals surface area contributed by atoms with Crippen molar-refractivity contribution in [2.45, 2.75) is 57.7 Å². The van der Waals surface area contributed by atoms with Gasteiger partial charge in [0, 0.05) is 19.0 Å². The van der Waals surface area contributed by atoms with Gasteiger partial charge in [0.1, 0.15) is 18.3 Å². The first-order valence-electron chi connectivity index (χ1n) is 14.0. The number of nitrogens with one attached hydrogen (secondary N) is 1. The molecule has 0 radical (unpaired) electrons. The molecule has 41 heavy (non-hydrogen) atoms. The molecule has 0 spiro atoms. The maximum absolute atomic E-state index is 14.2. The Morgan fingerprint density at radius 2 is 1.56 bits per heavy atom. The van der Waals surface area contributed by atoms with Crippen LogP contribution in [-0.2, 0) is 32.6 Å². The number of hydrogen-bond acceptors (Lipinski definition) is 5. The molecule has 1 saturated carbocycles. The van der Waals surface area contributed by atoms with Crippen molar-refractivity contribution in [3.63, 3.8) is 0 Å². The van der Waals surface area contributed by atoms with Crippen LogP contribution in [-0.4, -0.2) is 57.1 Å². The minimum absolute atomic E-state index is 0.0678. The van der Waals surface area contributed by atoms with E-state index in [-0.39, 0.29) is 24.2 Å². The van der Waals surface area contributed by atoms with E-state index in [0.717, 1.165) is 52.9 Å². The van der Waals surface area contributed by atoms with Crippen LogP contribution in [0.3, 0.4) is 0 Å². The number of carbonyl (C=O) groups excluding carboxylic acids is 2. The van der Waals surface area contributed by atoms with Crippen molar-refractivity contribution in [3.05, 3.63) is 95.6 Å². The van der Waals surface area contributed by atoms with E-state index in [9.17, 15) is 18.0 Å². The molecule has 0 bridgehead atoms. The number of benzene rings is 3. The minimum atomic E-state index is -3.88. The number of carbonyl (C=O) groups is 2. The van der Waals surface area contributed by atoms with Crippen LogP contribution in [0.25, 0.3) is 0 Å². The Morgan fingerprint density at radius 1 is 0.927 bits per heavy atom. The molecular formula is C32H39N3O5S. The summed E-state index contributed by atoms with van der Waals surface area (Å²) in [6, 6.07) is 23.3. The fraction of sp³-hybridized carbons (Fsp3) is 0.375. The quantitative estimate of drug-likeness (QED) is 0.343. The van der Waals surface area contributed by atoms with Crippen molar-refractivity contribution in [1.29, 1.82) is 0 Å². The van der Waals surface area contributed by atoms with Crippen molar-refractivity contribution in [3.8, 4) is 5.75 Å². The van der Waals surface area contributed by atoms with E-state index in [2.05, 4.69) is 5.32 Å². The number of anilines is 1. The molecule has 1 N–H and O–H groups in total. The maximum atomic E-state index is 14.2. The molecule has 0 saturated heterocycles. The Labute approximate surface area is 243 Å². The largest absolute Gasteiger partial charge is 0.495 e. The van der Waals surface area contributed by atoms with Gasteiger partial charge >= 0.3 is 0 Å². The molecule has 3 aromatic carbocycles. The molecule has 0 heterocycles.